The van der Waals surface area contributed by atoms with Gasteiger partial charge >= 0.3 is 6.09 Å². The Labute approximate surface area is 115 Å². The topological polar surface area (TPSA) is 64.8 Å². The number of amides is 1. The third-order valence-electron chi connectivity index (χ3n) is 3.91. The second kappa shape index (κ2) is 5.29. The normalized spacial score (nSPS) is 27.4. The number of hydrogen-bond acceptors (Lipinski definition) is 4. The second-order valence-electron chi connectivity index (χ2n) is 6.95. The molecule has 1 unspecified atom stereocenters. The molecule has 2 saturated heterocycles. The van der Waals surface area contributed by atoms with E-state index >= 15 is 0 Å². The van der Waals surface area contributed by atoms with Gasteiger partial charge in [-0.3, -0.25) is 0 Å². The van der Waals surface area contributed by atoms with Gasteiger partial charge in [0.1, 0.15) is 5.60 Å². The summed E-state index contributed by atoms with van der Waals surface area (Å²) in [4.78, 5) is 13.8. The van der Waals surface area contributed by atoms with Crippen LogP contribution in [0.4, 0.5) is 4.79 Å². The molecule has 19 heavy (non-hydrogen) atoms. The summed E-state index contributed by atoms with van der Waals surface area (Å²) in [5, 5.41) is 0. The Balaban J connectivity index is 1.87. The van der Waals surface area contributed by atoms with Gasteiger partial charge in [0.2, 0.25) is 0 Å². The van der Waals surface area contributed by atoms with Crippen molar-refractivity contribution < 1.29 is 14.3 Å². The molecule has 0 radical (unpaired) electrons. The fourth-order valence-electron chi connectivity index (χ4n) is 2.94. The Morgan fingerprint density at radius 1 is 1.37 bits per heavy atom. The molecule has 0 bridgehead atoms. The zero-order valence-corrected chi connectivity index (χ0v) is 12.3. The van der Waals surface area contributed by atoms with E-state index in [4.69, 9.17) is 15.2 Å². The van der Waals surface area contributed by atoms with Crippen LogP contribution in [0.2, 0.25) is 0 Å². The molecule has 0 aromatic carbocycles. The van der Waals surface area contributed by atoms with Crippen molar-refractivity contribution in [3.8, 4) is 0 Å². The minimum absolute atomic E-state index is 0.141. The molecule has 0 saturated carbocycles. The fourth-order valence-corrected chi connectivity index (χ4v) is 2.94. The molecule has 2 rings (SSSR count). The van der Waals surface area contributed by atoms with Gasteiger partial charge < -0.3 is 20.1 Å². The van der Waals surface area contributed by atoms with Gasteiger partial charge in [0.25, 0.3) is 0 Å². The molecule has 2 heterocycles. The highest BCUT2D eigenvalue weighted by atomic mass is 16.6. The molecular formula is C14H26N2O3. The number of nitrogens with zero attached hydrogens (tertiary/aromatic N) is 1. The fraction of sp³-hybridized carbons (Fsp3) is 0.929. The summed E-state index contributed by atoms with van der Waals surface area (Å²) < 4.78 is 11.0. The molecular weight excluding hydrogens is 244 g/mol. The molecule has 5 heteroatoms. The maximum absolute atomic E-state index is 12.0. The van der Waals surface area contributed by atoms with E-state index in [2.05, 4.69) is 0 Å². The lowest BCUT2D eigenvalue weighted by Crippen LogP contribution is -2.51. The summed E-state index contributed by atoms with van der Waals surface area (Å²) in [7, 11) is 0. The van der Waals surface area contributed by atoms with Crippen LogP contribution < -0.4 is 5.73 Å². The van der Waals surface area contributed by atoms with Crippen molar-refractivity contribution in [3.05, 3.63) is 0 Å². The third kappa shape index (κ3) is 3.83. The standard InChI is InChI=1S/C14H26N2O3/c1-13(2,3)19-12(17)16-6-4-14(5-7-16)8-11(15)9-18-10-14/h11H,4-10,15H2,1-3H3. The Morgan fingerprint density at radius 3 is 2.53 bits per heavy atom. The minimum Gasteiger partial charge on any atom is -0.444 e. The maximum Gasteiger partial charge on any atom is 0.410 e. The molecule has 0 aromatic rings. The summed E-state index contributed by atoms with van der Waals surface area (Å²) >= 11 is 0. The van der Waals surface area contributed by atoms with Crippen molar-refractivity contribution in [2.24, 2.45) is 11.1 Å². The highest BCUT2D eigenvalue weighted by Crippen LogP contribution is 2.38. The van der Waals surface area contributed by atoms with Gasteiger partial charge in [-0.15, -0.1) is 0 Å². The Bertz CT molecular complexity index is 330. The largest absolute Gasteiger partial charge is 0.444 e. The van der Waals surface area contributed by atoms with Gasteiger partial charge in [-0.1, -0.05) is 0 Å². The van der Waals surface area contributed by atoms with Crippen molar-refractivity contribution in [3.63, 3.8) is 0 Å². The van der Waals surface area contributed by atoms with Gasteiger partial charge in [-0.2, -0.15) is 0 Å². The lowest BCUT2D eigenvalue weighted by molar-refractivity contribution is -0.0549. The molecule has 2 fully saturated rings. The second-order valence-corrected chi connectivity index (χ2v) is 6.95. The van der Waals surface area contributed by atoms with Gasteiger partial charge in [0, 0.05) is 19.1 Å². The van der Waals surface area contributed by atoms with Crippen molar-refractivity contribution in [1.29, 1.82) is 0 Å². The molecule has 1 atom stereocenters. The average Bonchev–Trinajstić information content (AvgIpc) is 2.27. The van der Waals surface area contributed by atoms with Crippen LogP contribution in [-0.4, -0.2) is 48.9 Å². The molecule has 110 valence electrons. The van der Waals surface area contributed by atoms with Crippen molar-refractivity contribution >= 4 is 6.09 Å². The predicted octanol–water partition coefficient (Wildman–Crippen LogP) is 1.75. The third-order valence-corrected chi connectivity index (χ3v) is 3.91. The van der Waals surface area contributed by atoms with Crippen LogP contribution in [0, 0.1) is 5.41 Å². The summed E-state index contributed by atoms with van der Waals surface area (Å²) in [6, 6.07) is 0.141. The first-order chi connectivity index (χ1) is 8.80. The van der Waals surface area contributed by atoms with E-state index in [-0.39, 0.29) is 17.6 Å². The maximum atomic E-state index is 12.0. The van der Waals surface area contributed by atoms with Gasteiger partial charge in [-0.25, -0.2) is 4.79 Å². The van der Waals surface area contributed by atoms with Crippen molar-refractivity contribution in [2.45, 2.75) is 51.7 Å². The number of carbonyl (C=O) groups is 1. The van der Waals surface area contributed by atoms with E-state index in [9.17, 15) is 4.79 Å². The van der Waals surface area contributed by atoms with Crippen LogP contribution in [-0.2, 0) is 9.47 Å². The highest BCUT2D eigenvalue weighted by molar-refractivity contribution is 5.68. The molecule has 1 amide bonds. The zero-order valence-electron chi connectivity index (χ0n) is 12.3. The molecule has 0 aromatic heterocycles. The van der Waals surface area contributed by atoms with Crippen molar-refractivity contribution in [1.82, 2.24) is 4.90 Å². The number of hydrogen-bond donors (Lipinski definition) is 1. The molecule has 1 spiro atoms. The number of carbonyl (C=O) groups excluding carboxylic acids is 1. The molecule has 2 aliphatic heterocycles. The van der Waals surface area contributed by atoms with E-state index < -0.39 is 5.60 Å². The van der Waals surface area contributed by atoms with Crippen LogP contribution in [0.3, 0.4) is 0 Å². The van der Waals surface area contributed by atoms with Crippen molar-refractivity contribution in [2.75, 3.05) is 26.3 Å². The summed E-state index contributed by atoms with van der Waals surface area (Å²) in [5.74, 6) is 0. The monoisotopic (exact) mass is 270 g/mol. The molecule has 0 aliphatic carbocycles. The quantitative estimate of drug-likeness (QED) is 0.728. The summed E-state index contributed by atoms with van der Waals surface area (Å²) in [5.41, 5.74) is 5.74. The highest BCUT2D eigenvalue weighted by Gasteiger charge is 2.40. The lowest BCUT2D eigenvalue weighted by Gasteiger charge is -2.45. The predicted molar refractivity (Wildman–Crippen MR) is 72.9 cm³/mol. The van der Waals surface area contributed by atoms with Crippen LogP contribution in [0.1, 0.15) is 40.0 Å². The average molecular weight is 270 g/mol. The first-order valence-electron chi connectivity index (χ1n) is 7.11. The van der Waals surface area contributed by atoms with E-state index in [1.807, 2.05) is 20.8 Å². The van der Waals surface area contributed by atoms with E-state index in [1.165, 1.54) is 0 Å². The Morgan fingerprint density at radius 2 is 2.00 bits per heavy atom. The molecule has 5 nitrogen and oxygen atoms in total. The number of likely N-dealkylation sites (tertiary alicyclic amines) is 1. The minimum atomic E-state index is -0.428. The van der Waals surface area contributed by atoms with E-state index in [0.717, 1.165) is 39.0 Å². The SMILES string of the molecule is CC(C)(C)OC(=O)N1CCC2(CC1)COCC(N)C2. The Hall–Kier alpha value is -0.810. The van der Waals surface area contributed by atoms with Gasteiger partial charge in [0.05, 0.1) is 13.2 Å². The van der Waals surface area contributed by atoms with Gasteiger partial charge in [0.15, 0.2) is 0 Å². The number of ether oxygens (including phenoxy) is 2. The summed E-state index contributed by atoms with van der Waals surface area (Å²) in [6.45, 7) is 8.61. The van der Waals surface area contributed by atoms with Crippen LogP contribution in [0.15, 0.2) is 0 Å². The lowest BCUT2D eigenvalue weighted by atomic mass is 9.73. The smallest absolute Gasteiger partial charge is 0.410 e. The number of nitrogens with two attached hydrogens (primary N) is 1. The van der Waals surface area contributed by atoms with E-state index in [0.29, 0.717) is 6.61 Å². The molecule has 2 aliphatic rings. The van der Waals surface area contributed by atoms with Crippen LogP contribution in [0.5, 0.6) is 0 Å². The first-order valence-corrected chi connectivity index (χ1v) is 7.11. The zero-order chi connectivity index (χ0) is 14.1. The van der Waals surface area contributed by atoms with E-state index in [1.54, 1.807) is 4.90 Å². The molecule has 2 N–H and O–H groups in total. The first kappa shape index (κ1) is 14.6. The summed E-state index contributed by atoms with van der Waals surface area (Å²) in [6.07, 6.45) is 2.72. The Kier molecular flexibility index (Phi) is 4.06. The van der Waals surface area contributed by atoms with Crippen LogP contribution >= 0.6 is 0 Å². The van der Waals surface area contributed by atoms with Gasteiger partial charge in [-0.05, 0) is 45.4 Å². The van der Waals surface area contributed by atoms with Crippen LogP contribution in [0.25, 0.3) is 0 Å². The number of rotatable bonds is 0. The number of piperidine rings is 1.